The third-order valence-electron chi connectivity index (χ3n) is 2.45. The van der Waals surface area contributed by atoms with E-state index in [0.29, 0.717) is 11.1 Å². The Hall–Kier alpha value is -1.95. The van der Waals surface area contributed by atoms with Crippen molar-refractivity contribution in [2.75, 3.05) is 0 Å². The molecular formula is C11H14N2O4. The summed E-state index contributed by atoms with van der Waals surface area (Å²) in [4.78, 5) is 20.8. The van der Waals surface area contributed by atoms with Crippen molar-refractivity contribution in [3.05, 3.63) is 39.4 Å². The lowest BCUT2D eigenvalue weighted by Gasteiger charge is -2.09. The topological polar surface area (TPSA) is 92.5 Å². The van der Waals surface area contributed by atoms with Crippen molar-refractivity contribution in [3.8, 4) is 0 Å². The highest BCUT2D eigenvalue weighted by Gasteiger charge is 2.13. The predicted octanol–water partition coefficient (Wildman–Crippen LogP) is 1.47. The minimum absolute atomic E-state index is 0.0484. The first-order valence-corrected chi connectivity index (χ1v) is 5.12. The van der Waals surface area contributed by atoms with E-state index < -0.39 is 16.9 Å². The van der Waals surface area contributed by atoms with Crippen molar-refractivity contribution < 1.29 is 14.8 Å². The van der Waals surface area contributed by atoms with Crippen LogP contribution < -0.4 is 5.32 Å². The Kier molecular flexibility index (Phi) is 4.17. The summed E-state index contributed by atoms with van der Waals surface area (Å²) in [7, 11) is 0. The van der Waals surface area contributed by atoms with Crippen LogP contribution in [-0.2, 0) is 11.3 Å². The van der Waals surface area contributed by atoms with Crippen LogP contribution in [0.5, 0.6) is 0 Å². The van der Waals surface area contributed by atoms with E-state index in [0.717, 1.165) is 0 Å². The standard InChI is InChI=1S/C11H14N2O4/c1-7-3-4-9(5-10(7)13(16)17)6-12-8(2)11(14)15/h3-5,8,12H,6H2,1-2H3,(H,14,15). The number of hydrogen-bond acceptors (Lipinski definition) is 4. The summed E-state index contributed by atoms with van der Waals surface area (Å²) in [6.07, 6.45) is 0. The third kappa shape index (κ3) is 3.53. The van der Waals surface area contributed by atoms with E-state index in [-0.39, 0.29) is 12.2 Å². The number of aryl methyl sites for hydroxylation is 1. The quantitative estimate of drug-likeness (QED) is 0.598. The molecule has 92 valence electrons. The molecule has 1 rings (SSSR count). The maximum Gasteiger partial charge on any atom is 0.320 e. The number of hydrogen-bond donors (Lipinski definition) is 2. The fourth-order valence-corrected chi connectivity index (χ4v) is 1.32. The number of benzene rings is 1. The predicted molar refractivity (Wildman–Crippen MR) is 61.8 cm³/mol. The SMILES string of the molecule is Cc1ccc(CNC(C)C(=O)O)cc1[N+](=O)[O-]. The van der Waals surface area contributed by atoms with Crippen LogP contribution in [0.15, 0.2) is 18.2 Å². The van der Waals surface area contributed by atoms with Gasteiger partial charge < -0.3 is 10.4 Å². The molecule has 1 aromatic rings. The van der Waals surface area contributed by atoms with Gasteiger partial charge in [-0.3, -0.25) is 14.9 Å². The molecule has 0 fully saturated rings. The molecular weight excluding hydrogens is 224 g/mol. The molecule has 6 nitrogen and oxygen atoms in total. The molecule has 1 unspecified atom stereocenters. The highest BCUT2D eigenvalue weighted by molar-refractivity contribution is 5.72. The van der Waals surface area contributed by atoms with E-state index in [9.17, 15) is 14.9 Å². The molecule has 0 saturated heterocycles. The van der Waals surface area contributed by atoms with Gasteiger partial charge in [0.25, 0.3) is 5.69 Å². The van der Waals surface area contributed by atoms with E-state index in [1.165, 1.54) is 13.0 Å². The van der Waals surface area contributed by atoms with Gasteiger partial charge in [0, 0.05) is 18.2 Å². The number of nitrogens with one attached hydrogen (secondary N) is 1. The summed E-state index contributed by atoms with van der Waals surface area (Å²) in [5.74, 6) is -0.952. The number of nitro groups is 1. The molecule has 6 heteroatoms. The van der Waals surface area contributed by atoms with Gasteiger partial charge in [0.1, 0.15) is 6.04 Å². The second-order valence-corrected chi connectivity index (χ2v) is 3.82. The lowest BCUT2D eigenvalue weighted by molar-refractivity contribution is -0.385. The van der Waals surface area contributed by atoms with E-state index in [1.54, 1.807) is 19.1 Å². The molecule has 1 aromatic carbocycles. The molecule has 0 radical (unpaired) electrons. The number of carbonyl (C=O) groups is 1. The molecule has 0 spiro atoms. The molecule has 0 aliphatic rings. The normalized spacial score (nSPS) is 12.1. The number of nitro benzene ring substituents is 1. The number of aliphatic carboxylic acids is 1. The van der Waals surface area contributed by atoms with Gasteiger partial charge in [0.2, 0.25) is 0 Å². The fourth-order valence-electron chi connectivity index (χ4n) is 1.32. The van der Waals surface area contributed by atoms with Crippen molar-refractivity contribution >= 4 is 11.7 Å². The van der Waals surface area contributed by atoms with E-state index in [2.05, 4.69) is 5.32 Å². The van der Waals surface area contributed by atoms with Gasteiger partial charge in [-0.2, -0.15) is 0 Å². The Morgan fingerprint density at radius 3 is 2.76 bits per heavy atom. The first-order valence-electron chi connectivity index (χ1n) is 5.12. The first-order chi connectivity index (χ1) is 7.91. The molecule has 2 N–H and O–H groups in total. The first kappa shape index (κ1) is 13.1. The molecule has 0 heterocycles. The van der Waals surface area contributed by atoms with Crippen molar-refractivity contribution in [2.24, 2.45) is 0 Å². The fraction of sp³-hybridized carbons (Fsp3) is 0.364. The van der Waals surface area contributed by atoms with Gasteiger partial charge in [-0.15, -0.1) is 0 Å². The highest BCUT2D eigenvalue weighted by atomic mass is 16.6. The zero-order valence-corrected chi connectivity index (χ0v) is 9.64. The van der Waals surface area contributed by atoms with Gasteiger partial charge in [-0.1, -0.05) is 12.1 Å². The number of carboxylic acid groups (broad SMARTS) is 1. The van der Waals surface area contributed by atoms with E-state index >= 15 is 0 Å². The van der Waals surface area contributed by atoms with Crippen LogP contribution in [0.2, 0.25) is 0 Å². The van der Waals surface area contributed by atoms with Crippen molar-refractivity contribution in [1.29, 1.82) is 0 Å². The van der Waals surface area contributed by atoms with E-state index in [4.69, 9.17) is 5.11 Å². The molecule has 1 atom stereocenters. The Morgan fingerprint density at radius 2 is 2.24 bits per heavy atom. The Balaban J connectivity index is 2.76. The second-order valence-electron chi connectivity index (χ2n) is 3.82. The maximum absolute atomic E-state index is 10.7. The van der Waals surface area contributed by atoms with Gasteiger partial charge in [0.05, 0.1) is 4.92 Å². The van der Waals surface area contributed by atoms with Crippen LogP contribution in [-0.4, -0.2) is 22.0 Å². The summed E-state index contributed by atoms with van der Waals surface area (Å²) >= 11 is 0. The van der Waals surface area contributed by atoms with Gasteiger partial charge in [-0.25, -0.2) is 0 Å². The smallest absolute Gasteiger partial charge is 0.320 e. The third-order valence-corrected chi connectivity index (χ3v) is 2.45. The molecule has 0 saturated carbocycles. The van der Waals surface area contributed by atoms with Crippen molar-refractivity contribution in [1.82, 2.24) is 5.32 Å². The summed E-state index contributed by atoms with van der Waals surface area (Å²) in [6, 6.07) is 4.16. The van der Waals surface area contributed by atoms with Crippen LogP contribution >= 0.6 is 0 Å². The number of nitrogens with zero attached hydrogens (tertiary/aromatic N) is 1. The van der Waals surface area contributed by atoms with Gasteiger partial charge in [0.15, 0.2) is 0 Å². The molecule has 0 bridgehead atoms. The molecule has 0 amide bonds. The average molecular weight is 238 g/mol. The lowest BCUT2D eigenvalue weighted by atomic mass is 10.1. The Morgan fingerprint density at radius 1 is 1.59 bits per heavy atom. The van der Waals surface area contributed by atoms with Gasteiger partial charge in [-0.05, 0) is 19.4 Å². The molecule has 0 aromatic heterocycles. The monoisotopic (exact) mass is 238 g/mol. The maximum atomic E-state index is 10.7. The summed E-state index contributed by atoms with van der Waals surface area (Å²) in [5.41, 5.74) is 1.33. The van der Waals surface area contributed by atoms with Crippen LogP contribution in [0.4, 0.5) is 5.69 Å². The zero-order chi connectivity index (χ0) is 13.0. The largest absolute Gasteiger partial charge is 0.480 e. The highest BCUT2D eigenvalue weighted by Crippen LogP contribution is 2.19. The minimum atomic E-state index is -0.952. The van der Waals surface area contributed by atoms with Crippen molar-refractivity contribution in [2.45, 2.75) is 26.4 Å². The minimum Gasteiger partial charge on any atom is -0.480 e. The lowest BCUT2D eigenvalue weighted by Crippen LogP contribution is -2.33. The Bertz CT molecular complexity index is 445. The van der Waals surface area contributed by atoms with Gasteiger partial charge >= 0.3 is 5.97 Å². The summed E-state index contributed by atoms with van der Waals surface area (Å²) < 4.78 is 0. The molecule has 17 heavy (non-hydrogen) atoms. The Labute approximate surface area is 98.4 Å². The van der Waals surface area contributed by atoms with Crippen LogP contribution in [0.3, 0.4) is 0 Å². The number of rotatable bonds is 5. The zero-order valence-electron chi connectivity index (χ0n) is 9.64. The molecule has 0 aliphatic heterocycles. The second kappa shape index (κ2) is 5.40. The average Bonchev–Trinajstić information content (AvgIpc) is 2.26. The van der Waals surface area contributed by atoms with Crippen LogP contribution in [0.25, 0.3) is 0 Å². The summed E-state index contributed by atoms with van der Waals surface area (Å²) in [6.45, 7) is 3.47. The number of carboxylic acids is 1. The van der Waals surface area contributed by atoms with E-state index in [1.807, 2.05) is 0 Å². The van der Waals surface area contributed by atoms with Crippen molar-refractivity contribution in [3.63, 3.8) is 0 Å². The van der Waals surface area contributed by atoms with Crippen LogP contribution in [0.1, 0.15) is 18.1 Å². The summed E-state index contributed by atoms with van der Waals surface area (Å²) in [5, 5.41) is 22.1. The van der Waals surface area contributed by atoms with Crippen LogP contribution in [0, 0.1) is 17.0 Å². The molecule has 0 aliphatic carbocycles.